The minimum Gasteiger partial charge on any atom is -0.445 e. The first-order valence-corrected chi connectivity index (χ1v) is 10.4. The van der Waals surface area contributed by atoms with E-state index in [1.165, 1.54) is 0 Å². The average molecular weight is 447 g/mol. The molecule has 2 aliphatic heterocycles. The molecule has 0 aromatic heterocycles. The van der Waals surface area contributed by atoms with Crippen LogP contribution < -0.4 is 0 Å². The van der Waals surface area contributed by atoms with Crippen LogP contribution in [0.3, 0.4) is 0 Å². The number of esters is 1. The fraction of sp³-hybridized carbons (Fsp3) is 0.318. The molecular formula is C22H20Cl2N2O4. The van der Waals surface area contributed by atoms with E-state index in [2.05, 4.69) is 0 Å². The quantitative estimate of drug-likeness (QED) is 0.662. The first-order valence-electron chi connectivity index (χ1n) is 9.64. The summed E-state index contributed by atoms with van der Waals surface area (Å²) in [6, 6.07) is 12.1. The molecule has 1 saturated heterocycles. The lowest BCUT2D eigenvalue weighted by Gasteiger charge is -2.41. The number of carbonyl (C=O) groups excluding carboxylic acids is 3. The number of piperazine rings is 1. The molecule has 1 unspecified atom stereocenters. The number of nitrogens with zero attached hydrogens (tertiary/aromatic N) is 2. The van der Waals surface area contributed by atoms with E-state index in [1.807, 2.05) is 12.1 Å². The molecule has 2 heterocycles. The van der Waals surface area contributed by atoms with Gasteiger partial charge in [0.1, 0.15) is 0 Å². The molecule has 8 heteroatoms. The van der Waals surface area contributed by atoms with Crippen LogP contribution in [0.1, 0.15) is 33.2 Å². The number of hydrogen-bond donors (Lipinski definition) is 0. The molecular weight excluding hydrogens is 427 g/mol. The maximum atomic E-state index is 13.2. The first-order chi connectivity index (χ1) is 14.3. The molecule has 0 radical (unpaired) electrons. The zero-order valence-electron chi connectivity index (χ0n) is 16.4. The third-order valence-electron chi connectivity index (χ3n) is 5.57. The van der Waals surface area contributed by atoms with E-state index in [1.54, 1.807) is 47.1 Å². The molecule has 4 rings (SSSR count). The van der Waals surface area contributed by atoms with Crippen molar-refractivity contribution in [2.75, 3.05) is 26.2 Å². The summed E-state index contributed by atoms with van der Waals surface area (Å²) in [6.07, 6.45) is 0.324. The number of rotatable bonds is 2. The molecule has 2 aliphatic rings. The Bertz CT molecular complexity index is 1030. The maximum absolute atomic E-state index is 13.2. The molecule has 0 spiro atoms. The van der Waals surface area contributed by atoms with Gasteiger partial charge in [0.05, 0.1) is 21.2 Å². The Kier molecular flexibility index (Phi) is 5.47. The van der Waals surface area contributed by atoms with Gasteiger partial charge < -0.3 is 14.5 Å². The predicted molar refractivity (Wildman–Crippen MR) is 113 cm³/mol. The Hall–Kier alpha value is -2.57. The van der Waals surface area contributed by atoms with Crippen molar-refractivity contribution >= 4 is 41.0 Å². The molecule has 156 valence electrons. The van der Waals surface area contributed by atoms with Gasteiger partial charge in [-0.2, -0.15) is 0 Å². The van der Waals surface area contributed by atoms with Crippen molar-refractivity contribution in [2.24, 2.45) is 0 Å². The maximum Gasteiger partial charge on any atom is 0.339 e. The minimum absolute atomic E-state index is 0.223. The topological polar surface area (TPSA) is 66.9 Å². The number of fused-ring (bicyclic) bond motifs is 1. The van der Waals surface area contributed by atoms with Crippen LogP contribution in [0.25, 0.3) is 0 Å². The lowest BCUT2D eigenvalue weighted by atomic mass is 9.88. The molecule has 2 aromatic rings. The van der Waals surface area contributed by atoms with Gasteiger partial charge >= 0.3 is 5.97 Å². The number of ether oxygens (including phenoxy) is 1. The number of benzene rings is 2. The average Bonchev–Trinajstić information content (AvgIpc) is 2.75. The normalized spacial score (nSPS) is 21.1. The second-order valence-corrected chi connectivity index (χ2v) is 8.43. The van der Waals surface area contributed by atoms with Gasteiger partial charge in [0, 0.05) is 32.6 Å². The second kappa shape index (κ2) is 7.93. The van der Waals surface area contributed by atoms with Gasteiger partial charge in [0.2, 0.25) is 0 Å². The van der Waals surface area contributed by atoms with E-state index in [9.17, 15) is 14.4 Å². The van der Waals surface area contributed by atoms with Crippen LogP contribution in [0.15, 0.2) is 42.5 Å². The zero-order valence-corrected chi connectivity index (χ0v) is 17.9. The number of carbonyl (C=O) groups is 3. The van der Waals surface area contributed by atoms with E-state index in [0.29, 0.717) is 48.7 Å². The SMILES string of the molecule is CC1(C(=O)N2CCN(C(=O)c3cccc(Cl)c3Cl)CC2)Cc2ccccc2C(=O)O1. The van der Waals surface area contributed by atoms with Crippen molar-refractivity contribution in [2.45, 2.75) is 18.9 Å². The fourth-order valence-electron chi connectivity index (χ4n) is 3.94. The monoisotopic (exact) mass is 446 g/mol. The summed E-state index contributed by atoms with van der Waals surface area (Å²) in [5.74, 6) is -0.964. The summed E-state index contributed by atoms with van der Waals surface area (Å²) >= 11 is 12.2. The molecule has 30 heavy (non-hydrogen) atoms. The Morgan fingerprint density at radius 3 is 2.37 bits per heavy atom. The number of halogens is 2. The van der Waals surface area contributed by atoms with Gasteiger partial charge in [-0.1, -0.05) is 47.5 Å². The molecule has 0 aliphatic carbocycles. The minimum atomic E-state index is -1.26. The van der Waals surface area contributed by atoms with Crippen LogP contribution in [0.5, 0.6) is 0 Å². The fourth-order valence-corrected chi connectivity index (χ4v) is 4.32. The molecule has 1 fully saturated rings. The standard InChI is InChI=1S/C22H20Cl2N2O4/c1-22(13-14-5-2-3-6-15(14)20(28)30-22)21(29)26-11-9-25(10-12-26)19(27)16-7-4-8-17(23)18(16)24/h2-8H,9-13H2,1H3. The summed E-state index contributed by atoms with van der Waals surface area (Å²) in [5.41, 5.74) is 0.382. The van der Waals surface area contributed by atoms with Crippen LogP contribution >= 0.6 is 23.2 Å². The highest BCUT2D eigenvalue weighted by atomic mass is 35.5. The highest BCUT2D eigenvalue weighted by molar-refractivity contribution is 6.43. The van der Waals surface area contributed by atoms with Crippen molar-refractivity contribution in [1.82, 2.24) is 9.80 Å². The molecule has 0 bridgehead atoms. The summed E-state index contributed by atoms with van der Waals surface area (Å²) < 4.78 is 5.55. The van der Waals surface area contributed by atoms with Crippen molar-refractivity contribution in [3.05, 3.63) is 69.2 Å². The molecule has 1 atom stereocenters. The Morgan fingerprint density at radius 1 is 0.967 bits per heavy atom. The van der Waals surface area contributed by atoms with Gasteiger partial charge in [0.15, 0.2) is 5.60 Å². The smallest absolute Gasteiger partial charge is 0.339 e. The van der Waals surface area contributed by atoms with E-state index in [0.717, 1.165) is 5.56 Å². The molecule has 0 saturated carbocycles. The zero-order chi connectivity index (χ0) is 21.5. The first kappa shape index (κ1) is 20.7. The predicted octanol–water partition coefficient (Wildman–Crippen LogP) is 3.45. The van der Waals surface area contributed by atoms with Gasteiger partial charge in [0.25, 0.3) is 11.8 Å². The molecule has 6 nitrogen and oxygen atoms in total. The lowest BCUT2D eigenvalue weighted by molar-refractivity contribution is -0.152. The lowest BCUT2D eigenvalue weighted by Crippen LogP contribution is -2.58. The summed E-state index contributed by atoms with van der Waals surface area (Å²) in [4.78, 5) is 41.7. The Balaban J connectivity index is 1.44. The number of amides is 2. The van der Waals surface area contributed by atoms with Crippen molar-refractivity contribution in [1.29, 1.82) is 0 Å². The van der Waals surface area contributed by atoms with E-state index >= 15 is 0 Å². The Labute approximate surface area is 184 Å². The second-order valence-electron chi connectivity index (χ2n) is 7.64. The largest absolute Gasteiger partial charge is 0.445 e. The molecule has 2 aromatic carbocycles. The Morgan fingerprint density at radius 2 is 1.63 bits per heavy atom. The third-order valence-corrected chi connectivity index (χ3v) is 6.39. The summed E-state index contributed by atoms with van der Waals surface area (Å²) in [7, 11) is 0. The molecule has 0 N–H and O–H groups in total. The van der Waals surface area contributed by atoms with E-state index in [4.69, 9.17) is 27.9 Å². The van der Waals surface area contributed by atoms with E-state index < -0.39 is 11.6 Å². The number of cyclic esters (lactones) is 1. The van der Waals surface area contributed by atoms with Gasteiger partial charge in [-0.15, -0.1) is 0 Å². The van der Waals surface area contributed by atoms with Crippen LogP contribution in [-0.2, 0) is 16.0 Å². The van der Waals surface area contributed by atoms with Gasteiger partial charge in [-0.05, 0) is 30.7 Å². The van der Waals surface area contributed by atoms with Crippen molar-refractivity contribution in [3.63, 3.8) is 0 Å². The summed E-state index contributed by atoms with van der Waals surface area (Å²) in [5, 5.41) is 0.548. The van der Waals surface area contributed by atoms with Crippen molar-refractivity contribution in [3.8, 4) is 0 Å². The number of hydrogen-bond acceptors (Lipinski definition) is 4. The third kappa shape index (κ3) is 3.66. The van der Waals surface area contributed by atoms with Gasteiger partial charge in [-0.3, -0.25) is 9.59 Å². The van der Waals surface area contributed by atoms with Crippen LogP contribution in [0, 0.1) is 0 Å². The summed E-state index contributed by atoms with van der Waals surface area (Å²) in [6.45, 7) is 3.05. The molecule has 2 amide bonds. The van der Waals surface area contributed by atoms with Crippen molar-refractivity contribution < 1.29 is 19.1 Å². The van der Waals surface area contributed by atoms with Crippen LogP contribution in [-0.4, -0.2) is 59.4 Å². The highest BCUT2D eigenvalue weighted by Gasteiger charge is 2.45. The highest BCUT2D eigenvalue weighted by Crippen LogP contribution is 2.31. The van der Waals surface area contributed by atoms with E-state index in [-0.39, 0.29) is 16.8 Å². The van der Waals surface area contributed by atoms with Gasteiger partial charge in [-0.25, -0.2) is 4.79 Å². The van der Waals surface area contributed by atoms with Crippen LogP contribution in [0.4, 0.5) is 0 Å². The van der Waals surface area contributed by atoms with Crippen LogP contribution in [0.2, 0.25) is 10.0 Å².